The Labute approximate surface area is 112 Å². The number of rotatable bonds is 3. The van der Waals surface area contributed by atoms with Crippen molar-refractivity contribution in [1.82, 2.24) is 4.90 Å². The number of aromatic hydroxyl groups is 1. The molecule has 2 nitrogen and oxygen atoms in total. The Hall–Kier alpha value is -1.87. The van der Waals surface area contributed by atoms with Crippen LogP contribution in [0.25, 0.3) is 0 Å². The number of benzene rings is 2. The number of phenolic OH excluding ortho intramolecular Hbond substituents is 1. The molecule has 0 fully saturated rings. The zero-order chi connectivity index (χ0) is 13.2. The van der Waals surface area contributed by atoms with Gasteiger partial charge in [0.2, 0.25) is 0 Å². The van der Waals surface area contributed by atoms with Gasteiger partial charge < -0.3 is 5.11 Å². The monoisotopic (exact) mass is 257 g/mol. The summed E-state index contributed by atoms with van der Waals surface area (Å²) >= 11 is 0. The SMILES string of the molecule is Oc1ccc2c(c1)CN(CCc1ccccc1F)C2. The lowest BCUT2D eigenvalue weighted by molar-refractivity contribution is 0.287. The molecule has 98 valence electrons. The van der Waals surface area contributed by atoms with E-state index in [1.54, 1.807) is 12.1 Å². The topological polar surface area (TPSA) is 23.5 Å². The Morgan fingerprint density at radius 1 is 1.05 bits per heavy atom. The largest absolute Gasteiger partial charge is 0.508 e. The van der Waals surface area contributed by atoms with E-state index in [1.807, 2.05) is 24.3 Å². The van der Waals surface area contributed by atoms with Crippen LogP contribution in [0.5, 0.6) is 5.75 Å². The van der Waals surface area contributed by atoms with Crippen LogP contribution >= 0.6 is 0 Å². The summed E-state index contributed by atoms with van der Waals surface area (Å²) < 4.78 is 13.5. The molecule has 0 amide bonds. The first-order valence-electron chi connectivity index (χ1n) is 6.49. The van der Waals surface area contributed by atoms with E-state index >= 15 is 0 Å². The third-order valence-electron chi connectivity index (χ3n) is 3.63. The van der Waals surface area contributed by atoms with E-state index in [-0.39, 0.29) is 5.82 Å². The van der Waals surface area contributed by atoms with Gasteiger partial charge in [0.05, 0.1) is 0 Å². The molecule has 0 bridgehead atoms. The first kappa shape index (κ1) is 12.2. The maximum absolute atomic E-state index is 13.5. The minimum Gasteiger partial charge on any atom is -0.508 e. The van der Waals surface area contributed by atoms with E-state index in [4.69, 9.17) is 0 Å². The van der Waals surface area contributed by atoms with Crippen molar-refractivity contribution in [2.75, 3.05) is 6.54 Å². The van der Waals surface area contributed by atoms with E-state index in [1.165, 1.54) is 17.2 Å². The highest BCUT2D eigenvalue weighted by Crippen LogP contribution is 2.26. The third kappa shape index (κ3) is 2.61. The average Bonchev–Trinajstić information content (AvgIpc) is 2.79. The van der Waals surface area contributed by atoms with Crippen LogP contribution in [-0.2, 0) is 19.5 Å². The summed E-state index contributed by atoms with van der Waals surface area (Å²) in [5.74, 6) is 0.187. The molecule has 0 saturated heterocycles. The maximum Gasteiger partial charge on any atom is 0.126 e. The summed E-state index contributed by atoms with van der Waals surface area (Å²) in [6, 6.07) is 12.4. The zero-order valence-corrected chi connectivity index (χ0v) is 10.6. The van der Waals surface area contributed by atoms with Gasteiger partial charge in [0.15, 0.2) is 0 Å². The molecule has 0 radical (unpaired) electrons. The van der Waals surface area contributed by atoms with Crippen LogP contribution in [0.15, 0.2) is 42.5 Å². The van der Waals surface area contributed by atoms with E-state index in [2.05, 4.69) is 4.90 Å². The Morgan fingerprint density at radius 2 is 1.84 bits per heavy atom. The molecule has 0 aromatic heterocycles. The van der Waals surface area contributed by atoms with Gasteiger partial charge in [-0.25, -0.2) is 4.39 Å². The Balaban J connectivity index is 1.63. The molecule has 0 saturated carbocycles. The quantitative estimate of drug-likeness (QED) is 0.913. The second-order valence-electron chi connectivity index (χ2n) is 5.01. The molecule has 1 heterocycles. The molecule has 1 aliphatic heterocycles. The van der Waals surface area contributed by atoms with Crippen LogP contribution in [0.2, 0.25) is 0 Å². The second-order valence-corrected chi connectivity index (χ2v) is 5.01. The highest BCUT2D eigenvalue weighted by atomic mass is 19.1. The summed E-state index contributed by atoms with van der Waals surface area (Å²) in [4.78, 5) is 2.27. The molecule has 1 aliphatic rings. The summed E-state index contributed by atoms with van der Waals surface area (Å²) in [5.41, 5.74) is 3.20. The van der Waals surface area contributed by atoms with Crippen molar-refractivity contribution in [3.05, 3.63) is 65.0 Å². The fourth-order valence-electron chi connectivity index (χ4n) is 2.59. The van der Waals surface area contributed by atoms with Crippen LogP contribution < -0.4 is 0 Å². The number of nitrogens with zero attached hydrogens (tertiary/aromatic N) is 1. The lowest BCUT2D eigenvalue weighted by atomic mass is 10.1. The molecule has 2 aromatic rings. The first-order valence-corrected chi connectivity index (χ1v) is 6.49. The number of fused-ring (bicyclic) bond motifs is 1. The van der Waals surface area contributed by atoms with Gasteiger partial charge >= 0.3 is 0 Å². The minimum absolute atomic E-state index is 0.128. The van der Waals surface area contributed by atoms with Crippen molar-refractivity contribution in [2.24, 2.45) is 0 Å². The normalized spacial score (nSPS) is 14.6. The molecule has 2 aromatic carbocycles. The second kappa shape index (κ2) is 5.02. The molecule has 0 spiro atoms. The molecular weight excluding hydrogens is 241 g/mol. The fourth-order valence-corrected chi connectivity index (χ4v) is 2.59. The number of hydrogen-bond acceptors (Lipinski definition) is 2. The van der Waals surface area contributed by atoms with Crippen molar-refractivity contribution in [1.29, 1.82) is 0 Å². The summed E-state index contributed by atoms with van der Waals surface area (Å²) in [5, 5.41) is 9.46. The van der Waals surface area contributed by atoms with E-state index in [0.29, 0.717) is 12.2 Å². The van der Waals surface area contributed by atoms with Gasteiger partial charge in [-0.05, 0) is 41.3 Å². The lowest BCUT2D eigenvalue weighted by Crippen LogP contribution is -2.19. The standard InChI is InChI=1S/C16H16FNO/c17-16-4-2-1-3-12(16)7-8-18-10-13-5-6-15(19)9-14(13)11-18/h1-6,9,19H,7-8,10-11H2. The van der Waals surface area contributed by atoms with Crippen molar-refractivity contribution in [2.45, 2.75) is 19.5 Å². The molecule has 0 atom stereocenters. The van der Waals surface area contributed by atoms with Crippen molar-refractivity contribution in [3.63, 3.8) is 0 Å². The zero-order valence-electron chi connectivity index (χ0n) is 10.6. The summed E-state index contributed by atoms with van der Waals surface area (Å²) in [7, 11) is 0. The van der Waals surface area contributed by atoms with Gasteiger partial charge in [-0.15, -0.1) is 0 Å². The molecule has 1 N–H and O–H groups in total. The minimum atomic E-state index is -0.128. The van der Waals surface area contributed by atoms with Crippen LogP contribution in [0.1, 0.15) is 16.7 Å². The van der Waals surface area contributed by atoms with Gasteiger partial charge in [0.25, 0.3) is 0 Å². The molecule has 3 rings (SSSR count). The predicted molar refractivity (Wildman–Crippen MR) is 72.3 cm³/mol. The van der Waals surface area contributed by atoms with E-state index in [0.717, 1.165) is 25.2 Å². The van der Waals surface area contributed by atoms with Crippen molar-refractivity contribution >= 4 is 0 Å². The number of phenols is 1. The smallest absolute Gasteiger partial charge is 0.126 e. The highest BCUT2D eigenvalue weighted by molar-refractivity contribution is 5.37. The Bertz CT molecular complexity index is 597. The van der Waals surface area contributed by atoms with Crippen molar-refractivity contribution in [3.8, 4) is 5.75 Å². The lowest BCUT2D eigenvalue weighted by Gasteiger charge is -2.14. The molecule has 0 unspecified atom stereocenters. The first-order chi connectivity index (χ1) is 9.22. The third-order valence-corrected chi connectivity index (χ3v) is 3.63. The van der Waals surface area contributed by atoms with Crippen LogP contribution in [0.3, 0.4) is 0 Å². The van der Waals surface area contributed by atoms with E-state index in [9.17, 15) is 9.50 Å². The van der Waals surface area contributed by atoms with Crippen LogP contribution in [-0.4, -0.2) is 16.6 Å². The molecule has 0 aliphatic carbocycles. The fraction of sp³-hybridized carbons (Fsp3) is 0.250. The predicted octanol–water partition coefficient (Wildman–Crippen LogP) is 3.09. The van der Waals surface area contributed by atoms with Gasteiger partial charge in [-0.2, -0.15) is 0 Å². The van der Waals surface area contributed by atoms with Gasteiger partial charge in [0.1, 0.15) is 11.6 Å². The summed E-state index contributed by atoms with van der Waals surface area (Å²) in [6.07, 6.45) is 0.715. The van der Waals surface area contributed by atoms with Gasteiger partial charge in [-0.3, -0.25) is 4.90 Å². The van der Waals surface area contributed by atoms with Crippen molar-refractivity contribution < 1.29 is 9.50 Å². The van der Waals surface area contributed by atoms with Crippen LogP contribution in [0.4, 0.5) is 4.39 Å². The number of hydrogen-bond donors (Lipinski definition) is 1. The maximum atomic E-state index is 13.5. The van der Waals surface area contributed by atoms with Gasteiger partial charge in [-0.1, -0.05) is 24.3 Å². The van der Waals surface area contributed by atoms with E-state index < -0.39 is 0 Å². The molecule has 3 heteroatoms. The van der Waals surface area contributed by atoms with Gasteiger partial charge in [0, 0.05) is 19.6 Å². The summed E-state index contributed by atoms with van der Waals surface area (Å²) in [6.45, 7) is 2.54. The van der Waals surface area contributed by atoms with Crippen LogP contribution in [0, 0.1) is 5.82 Å². The highest BCUT2D eigenvalue weighted by Gasteiger charge is 2.19. The number of halogens is 1. The molecular formula is C16H16FNO. The average molecular weight is 257 g/mol. The Morgan fingerprint density at radius 3 is 2.68 bits per heavy atom. The molecule has 19 heavy (non-hydrogen) atoms. The Kier molecular flexibility index (Phi) is 3.22.